The highest BCUT2D eigenvalue weighted by Gasteiger charge is 2.17. The lowest BCUT2D eigenvalue weighted by Crippen LogP contribution is -1.93. The zero-order valence-electron chi connectivity index (χ0n) is 7.25. The van der Waals surface area contributed by atoms with Crippen LogP contribution in [0.2, 0.25) is 0 Å². The van der Waals surface area contributed by atoms with Gasteiger partial charge in [-0.15, -0.1) is 0 Å². The van der Waals surface area contributed by atoms with Gasteiger partial charge in [0.25, 0.3) is 0 Å². The van der Waals surface area contributed by atoms with Crippen LogP contribution in [-0.2, 0) is 6.42 Å². The molecule has 0 atom stereocenters. The summed E-state index contributed by atoms with van der Waals surface area (Å²) in [4.78, 5) is 0. The van der Waals surface area contributed by atoms with Gasteiger partial charge in [-0.05, 0) is 28.7 Å². The summed E-state index contributed by atoms with van der Waals surface area (Å²) in [5, 5.41) is 0. The first-order valence-electron chi connectivity index (χ1n) is 4.52. The van der Waals surface area contributed by atoms with Crippen LogP contribution in [0.3, 0.4) is 0 Å². The highest BCUT2D eigenvalue weighted by atomic mass is 28.2. The SMILES string of the molecule is C1=CC2=C(C=[Si]1)Cc1ccccc12. The van der Waals surface area contributed by atoms with Crippen LogP contribution >= 0.6 is 0 Å². The summed E-state index contributed by atoms with van der Waals surface area (Å²) in [6, 6.07) is 8.71. The fourth-order valence-corrected chi connectivity index (χ4v) is 2.83. The molecule has 0 unspecified atom stereocenters. The van der Waals surface area contributed by atoms with Gasteiger partial charge < -0.3 is 0 Å². The fraction of sp³-hybridized carbons (Fsp3) is 0.0833. The second-order valence-corrected chi connectivity index (χ2v) is 4.37. The first-order valence-corrected chi connectivity index (χ1v) is 5.68. The molecule has 0 bridgehead atoms. The van der Waals surface area contributed by atoms with E-state index >= 15 is 0 Å². The highest BCUT2D eigenvalue weighted by Crippen LogP contribution is 2.33. The maximum atomic E-state index is 2.37. The Bertz CT molecular complexity index is 450. The van der Waals surface area contributed by atoms with Gasteiger partial charge in [0.2, 0.25) is 0 Å². The van der Waals surface area contributed by atoms with Crippen molar-refractivity contribution < 1.29 is 0 Å². The molecule has 1 aromatic rings. The quantitative estimate of drug-likeness (QED) is 0.537. The lowest BCUT2D eigenvalue weighted by atomic mass is 10.1. The first-order chi connectivity index (χ1) is 6.45. The van der Waals surface area contributed by atoms with E-state index in [0.717, 1.165) is 15.6 Å². The van der Waals surface area contributed by atoms with Gasteiger partial charge in [-0.1, -0.05) is 41.7 Å². The molecule has 1 aliphatic carbocycles. The van der Waals surface area contributed by atoms with E-state index in [1.807, 2.05) is 0 Å². The molecule has 2 aliphatic rings. The molecule has 3 rings (SSSR count). The lowest BCUT2D eigenvalue weighted by molar-refractivity contribution is 1.28. The topological polar surface area (TPSA) is 0 Å². The Hall–Kier alpha value is -1.21. The molecule has 1 radical (unpaired) electrons. The Morgan fingerprint density at radius 1 is 1.15 bits per heavy atom. The van der Waals surface area contributed by atoms with Gasteiger partial charge in [-0.25, -0.2) is 0 Å². The van der Waals surface area contributed by atoms with E-state index in [0.29, 0.717) is 0 Å². The molecule has 0 N–H and O–H groups in total. The summed E-state index contributed by atoms with van der Waals surface area (Å²) in [7, 11) is 0.879. The summed E-state index contributed by atoms with van der Waals surface area (Å²) in [6.45, 7) is 0. The van der Waals surface area contributed by atoms with Crippen LogP contribution in [0.25, 0.3) is 5.57 Å². The monoisotopic (exact) mass is 181 g/mol. The molecular formula is C12H9Si. The molecule has 1 aliphatic heterocycles. The third-order valence-corrected chi connectivity index (χ3v) is 3.51. The number of hydrogen-bond acceptors (Lipinski definition) is 0. The van der Waals surface area contributed by atoms with Crippen molar-refractivity contribution in [2.75, 3.05) is 0 Å². The van der Waals surface area contributed by atoms with Crippen molar-refractivity contribution in [2.45, 2.75) is 6.42 Å². The smallest absolute Gasteiger partial charge is 0.0508 e. The van der Waals surface area contributed by atoms with Crippen LogP contribution < -0.4 is 0 Å². The van der Waals surface area contributed by atoms with Gasteiger partial charge in [0.15, 0.2) is 0 Å². The Kier molecular flexibility index (Phi) is 1.46. The number of benzene rings is 1. The maximum absolute atomic E-state index is 2.37. The van der Waals surface area contributed by atoms with Gasteiger partial charge in [-0.3, -0.25) is 0 Å². The van der Waals surface area contributed by atoms with Gasteiger partial charge in [0, 0.05) is 0 Å². The van der Waals surface area contributed by atoms with Crippen LogP contribution in [0, 0.1) is 0 Å². The minimum absolute atomic E-state index is 0.879. The van der Waals surface area contributed by atoms with E-state index in [4.69, 9.17) is 0 Å². The Balaban J connectivity index is 2.24. The van der Waals surface area contributed by atoms with Crippen LogP contribution in [0.15, 0.2) is 41.6 Å². The third-order valence-electron chi connectivity index (χ3n) is 2.64. The zero-order chi connectivity index (χ0) is 8.67. The molecular weight excluding hydrogens is 172 g/mol. The van der Waals surface area contributed by atoms with E-state index < -0.39 is 0 Å². The van der Waals surface area contributed by atoms with E-state index in [-0.39, 0.29) is 0 Å². The predicted molar refractivity (Wildman–Crippen MR) is 58.0 cm³/mol. The number of hydrogen-bond donors (Lipinski definition) is 0. The Morgan fingerprint density at radius 2 is 2.08 bits per heavy atom. The zero-order valence-corrected chi connectivity index (χ0v) is 8.25. The average molecular weight is 181 g/mol. The minimum atomic E-state index is 0.879. The van der Waals surface area contributed by atoms with Crippen LogP contribution in [-0.4, -0.2) is 14.8 Å². The summed E-state index contributed by atoms with van der Waals surface area (Å²) >= 11 is 0. The summed E-state index contributed by atoms with van der Waals surface area (Å²) in [6.07, 6.45) is 3.42. The van der Waals surface area contributed by atoms with Crippen LogP contribution in [0.1, 0.15) is 11.1 Å². The molecule has 0 nitrogen and oxygen atoms in total. The molecule has 1 heterocycles. The second kappa shape index (κ2) is 2.64. The third kappa shape index (κ3) is 1.01. The summed E-state index contributed by atoms with van der Waals surface area (Å²) < 4.78 is 0. The van der Waals surface area contributed by atoms with Crippen molar-refractivity contribution in [3.8, 4) is 0 Å². The van der Waals surface area contributed by atoms with Gasteiger partial charge in [0.1, 0.15) is 0 Å². The molecule has 1 heteroatoms. The minimum Gasteiger partial charge on any atom is -0.0766 e. The van der Waals surface area contributed by atoms with Crippen molar-refractivity contribution in [1.82, 2.24) is 0 Å². The molecule has 0 fully saturated rings. The largest absolute Gasteiger partial charge is 0.0766 e. The standard InChI is InChI=1S/C12H9Si/c1-2-4-11-9(3-1)7-10-8-13-6-5-12(10)11/h1-6,8H,7H2. The predicted octanol–water partition coefficient (Wildman–Crippen LogP) is 2.03. The number of rotatable bonds is 0. The van der Waals surface area contributed by atoms with Gasteiger partial charge >= 0.3 is 0 Å². The molecule has 0 saturated heterocycles. The van der Waals surface area contributed by atoms with Gasteiger partial charge in [0.05, 0.1) is 9.13 Å². The lowest BCUT2D eigenvalue weighted by Gasteiger charge is -2.01. The van der Waals surface area contributed by atoms with E-state index in [9.17, 15) is 0 Å². The van der Waals surface area contributed by atoms with Crippen molar-refractivity contribution in [2.24, 2.45) is 0 Å². The average Bonchev–Trinajstić information content (AvgIpc) is 2.56. The van der Waals surface area contributed by atoms with Crippen molar-refractivity contribution in [1.29, 1.82) is 0 Å². The molecule has 0 saturated carbocycles. The molecule has 1 aromatic carbocycles. The molecule has 0 spiro atoms. The second-order valence-electron chi connectivity index (χ2n) is 3.42. The van der Waals surface area contributed by atoms with Crippen molar-refractivity contribution in [3.05, 3.63) is 52.7 Å². The van der Waals surface area contributed by atoms with Crippen molar-refractivity contribution >= 4 is 20.4 Å². The van der Waals surface area contributed by atoms with E-state index in [1.54, 1.807) is 0 Å². The fourth-order valence-electron chi connectivity index (χ4n) is 2.02. The van der Waals surface area contributed by atoms with Crippen LogP contribution in [0.5, 0.6) is 0 Å². The molecule has 61 valence electrons. The highest BCUT2D eigenvalue weighted by molar-refractivity contribution is 6.57. The Morgan fingerprint density at radius 3 is 3.08 bits per heavy atom. The maximum Gasteiger partial charge on any atom is 0.0508 e. The Labute approximate surface area is 80.0 Å². The van der Waals surface area contributed by atoms with Crippen molar-refractivity contribution in [3.63, 3.8) is 0 Å². The first kappa shape index (κ1) is 7.22. The normalized spacial score (nSPS) is 17.5. The van der Waals surface area contributed by atoms with Gasteiger partial charge in [-0.2, -0.15) is 0 Å². The molecule has 13 heavy (non-hydrogen) atoms. The summed E-state index contributed by atoms with van der Waals surface area (Å²) in [5.74, 6) is 0. The summed E-state index contributed by atoms with van der Waals surface area (Å²) in [5.41, 5.74) is 10.5. The number of allylic oxidation sites excluding steroid dienone is 3. The number of fused-ring (bicyclic) bond motifs is 2. The van der Waals surface area contributed by atoms with E-state index in [2.05, 4.69) is 41.7 Å². The molecule has 0 aromatic heterocycles. The van der Waals surface area contributed by atoms with Crippen LogP contribution in [0.4, 0.5) is 0 Å². The molecule has 0 amide bonds. The van der Waals surface area contributed by atoms with E-state index in [1.165, 1.54) is 22.3 Å².